The van der Waals surface area contributed by atoms with Crippen LogP contribution in [0.3, 0.4) is 0 Å². The quantitative estimate of drug-likeness (QED) is 0.335. The third-order valence-electron chi connectivity index (χ3n) is 8.43. The summed E-state index contributed by atoms with van der Waals surface area (Å²) < 4.78 is 13.6. The summed E-state index contributed by atoms with van der Waals surface area (Å²) in [5, 5.41) is 32.0. The van der Waals surface area contributed by atoms with E-state index in [1.54, 1.807) is 24.0 Å². The van der Waals surface area contributed by atoms with Gasteiger partial charge in [-0.25, -0.2) is 19.3 Å². The van der Waals surface area contributed by atoms with E-state index in [1.165, 1.54) is 37.3 Å². The maximum atomic E-state index is 13.6. The van der Waals surface area contributed by atoms with Gasteiger partial charge in [-0.2, -0.15) is 5.26 Å². The molecule has 1 aliphatic carbocycles. The summed E-state index contributed by atoms with van der Waals surface area (Å²) >= 11 is 1.24. The van der Waals surface area contributed by atoms with Crippen molar-refractivity contribution in [1.82, 2.24) is 19.9 Å². The van der Waals surface area contributed by atoms with Crippen LogP contribution >= 0.6 is 11.3 Å². The number of fused-ring (bicyclic) bond motifs is 2. The molecular formula is C32H34FN7O3S. The second-order valence-corrected chi connectivity index (χ2v) is 13.2. The minimum absolute atomic E-state index is 0.296. The molecule has 1 aromatic carbocycles. The van der Waals surface area contributed by atoms with Gasteiger partial charge in [-0.3, -0.25) is 4.79 Å². The van der Waals surface area contributed by atoms with Crippen molar-refractivity contribution in [2.24, 2.45) is 0 Å². The van der Waals surface area contributed by atoms with Crippen molar-refractivity contribution in [3.05, 3.63) is 57.8 Å². The fourth-order valence-corrected chi connectivity index (χ4v) is 6.89. The number of carbonyl (C=O) groups excluding carboxylic acids is 1. The number of rotatable bonds is 5. The van der Waals surface area contributed by atoms with Gasteiger partial charge in [0.1, 0.15) is 45.0 Å². The Morgan fingerprint density at radius 2 is 1.82 bits per heavy atom. The van der Waals surface area contributed by atoms with E-state index in [2.05, 4.69) is 11.0 Å². The molecule has 0 bridgehead atoms. The molecule has 0 radical (unpaired) electrons. The maximum Gasteiger partial charge on any atom is 0.254 e. The maximum absolute atomic E-state index is 13.6. The first-order valence-corrected chi connectivity index (χ1v) is 15.3. The minimum atomic E-state index is -1.43. The molecule has 12 heteroatoms. The monoisotopic (exact) mass is 615 g/mol. The van der Waals surface area contributed by atoms with Crippen molar-refractivity contribution in [3.63, 3.8) is 0 Å². The Morgan fingerprint density at radius 3 is 2.45 bits per heavy atom. The minimum Gasteiger partial charge on any atom is -0.384 e. The molecule has 3 aromatic heterocycles. The Hall–Kier alpha value is -4.18. The third kappa shape index (κ3) is 5.15. The number of hydrogen-bond donors (Lipinski definition) is 2. The first-order valence-electron chi connectivity index (χ1n) is 14.5. The van der Waals surface area contributed by atoms with E-state index >= 15 is 0 Å². The van der Waals surface area contributed by atoms with Gasteiger partial charge in [-0.05, 0) is 76.4 Å². The summed E-state index contributed by atoms with van der Waals surface area (Å²) in [6.07, 6.45) is 1.10. The Bertz CT molecular complexity index is 1820. The SMILES string of the molecule is Cc1cc(N2CCN(C(=O)C(C)(C)O)CC2)nc2c(N(C)c3nc(-c4ccc(F)cc4)c(C#N)s3)c3c(nc12)[C@@](C)(O)CC3. The van der Waals surface area contributed by atoms with Crippen LogP contribution in [0.1, 0.15) is 48.9 Å². The van der Waals surface area contributed by atoms with E-state index in [0.29, 0.717) is 77.0 Å². The largest absolute Gasteiger partial charge is 0.384 e. The first kappa shape index (κ1) is 29.9. The van der Waals surface area contributed by atoms with Gasteiger partial charge in [0.2, 0.25) is 0 Å². The van der Waals surface area contributed by atoms with E-state index in [9.17, 15) is 24.7 Å². The number of anilines is 3. The highest BCUT2D eigenvalue weighted by Crippen LogP contribution is 2.46. The number of piperazine rings is 1. The summed E-state index contributed by atoms with van der Waals surface area (Å²) in [5.41, 5.74) is 3.07. The number of amides is 1. The number of benzene rings is 1. The summed E-state index contributed by atoms with van der Waals surface area (Å²) in [4.78, 5) is 33.6. The second kappa shape index (κ2) is 10.8. The van der Waals surface area contributed by atoms with Crippen LogP contribution in [0.15, 0.2) is 30.3 Å². The molecule has 1 fully saturated rings. The van der Waals surface area contributed by atoms with Crippen LogP contribution in [0.2, 0.25) is 0 Å². The fraction of sp³-hybridized carbons (Fsp3) is 0.406. The third-order valence-corrected chi connectivity index (χ3v) is 9.47. The zero-order chi connectivity index (χ0) is 31.6. The van der Waals surface area contributed by atoms with Crippen molar-refractivity contribution in [2.75, 3.05) is 43.0 Å². The highest BCUT2D eigenvalue weighted by molar-refractivity contribution is 7.16. The predicted octanol–water partition coefficient (Wildman–Crippen LogP) is 4.41. The number of carbonyl (C=O) groups is 1. The lowest BCUT2D eigenvalue weighted by Crippen LogP contribution is -2.54. The number of aromatic nitrogens is 3. The lowest BCUT2D eigenvalue weighted by atomic mass is 10.0. The average molecular weight is 616 g/mol. The van der Waals surface area contributed by atoms with Crippen LogP contribution in [0.25, 0.3) is 22.3 Å². The molecule has 228 valence electrons. The lowest BCUT2D eigenvalue weighted by molar-refractivity contribution is -0.148. The Morgan fingerprint density at radius 1 is 1.14 bits per heavy atom. The van der Waals surface area contributed by atoms with Gasteiger partial charge in [0.15, 0.2) is 5.13 Å². The summed E-state index contributed by atoms with van der Waals surface area (Å²) in [6.45, 7) is 8.77. The molecule has 10 nitrogen and oxygen atoms in total. The zero-order valence-electron chi connectivity index (χ0n) is 25.3. The van der Waals surface area contributed by atoms with Gasteiger partial charge < -0.3 is 24.9 Å². The lowest BCUT2D eigenvalue weighted by Gasteiger charge is -2.38. The van der Waals surface area contributed by atoms with Crippen LogP contribution in [0.4, 0.5) is 21.0 Å². The number of nitriles is 1. The smallest absolute Gasteiger partial charge is 0.254 e. The molecule has 1 atom stereocenters. The van der Waals surface area contributed by atoms with Crippen LogP contribution in [0, 0.1) is 24.1 Å². The predicted molar refractivity (Wildman–Crippen MR) is 168 cm³/mol. The topological polar surface area (TPSA) is 130 Å². The standard InChI is InChI=1S/C32H34FN7O3S/c1-18-16-23(39-12-14-40(15-13-39)29(41)31(2,3)42)35-26-24(18)36-28-21(10-11-32(28,4)43)27(26)38(5)30-37-25(22(17-34)44-30)19-6-8-20(33)9-7-19/h6-9,16,42-43H,10-15H2,1-5H3/t32-/m0/s1. The van der Waals surface area contributed by atoms with E-state index in [4.69, 9.17) is 15.0 Å². The second-order valence-electron chi connectivity index (χ2n) is 12.2. The zero-order valence-corrected chi connectivity index (χ0v) is 26.2. The average Bonchev–Trinajstić information content (AvgIpc) is 3.56. The number of aryl methyl sites for hydroxylation is 1. The highest BCUT2D eigenvalue weighted by atomic mass is 32.1. The molecule has 0 unspecified atom stereocenters. The Kier molecular flexibility index (Phi) is 7.31. The number of pyridine rings is 2. The Balaban J connectivity index is 1.45. The van der Waals surface area contributed by atoms with Gasteiger partial charge in [0, 0.05) is 44.4 Å². The molecule has 1 saturated heterocycles. The van der Waals surface area contributed by atoms with Crippen LogP contribution in [-0.2, 0) is 16.8 Å². The number of halogens is 1. The van der Waals surface area contributed by atoms with Gasteiger partial charge in [0.05, 0.1) is 16.9 Å². The first-order chi connectivity index (χ1) is 20.8. The van der Waals surface area contributed by atoms with Gasteiger partial charge in [-0.1, -0.05) is 11.3 Å². The summed E-state index contributed by atoms with van der Waals surface area (Å²) in [6, 6.07) is 10.1. The number of nitrogens with zero attached hydrogens (tertiary/aromatic N) is 7. The molecule has 2 N–H and O–H groups in total. The van der Waals surface area contributed by atoms with Crippen molar-refractivity contribution >= 4 is 44.9 Å². The molecule has 44 heavy (non-hydrogen) atoms. The van der Waals surface area contributed by atoms with E-state index < -0.39 is 11.2 Å². The van der Waals surface area contributed by atoms with Gasteiger partial charge in [0.25, 0.3) is 5.91 Å². The Labute approximate surface area is 259 Å². The van der Waals surface area contributed by atoms with Crippen molar-refractivity contribution < 1.29 is 19.4 Å². The molecule has 6 rings (SSSR count). The normalized spacial score (nSPS) is 18.4. The van der Waals surface area contributed by atoms with Crippen molar-refractivity contribution in [2.45, 2.75) is 51.7 Å². The number of aliphatic hydroxyl groups is 2. The summed E-state index contributed by atoms with van der Waals surface area (Å²) in [5.74, 6) is 0.0827. The molecule has 1 amide bonds. The van der Waals surface area contributed by atoms with Crippen molar-refractivity contribution in [1.29, 1.82) is 5.26 Å². The molecular weight excluding hydrogens is 581 g/mol. The fourth-order valence-electron chi connectivity index (χ4n) is 6.03. The van der Waals surface area contributed by atoms with Crippen molar-refractivity contribution in [3.8, 4) is 17.3 Å². The molecule has 0 saturated carbocycles. The number of hydrogen-bond acceptors (Lipinski definition) is 10. The molecule has 0 spiro atoms. The van der Waals surface area contributed by atoms with Gasteiger partial charge >= 0.3 is 0 Å². The molecule has 4 aromatic rings. The number of thiazole rings is 1. The van der Waals surface area contributed by atoms with E-state index in [0.717, 1.165) is 22.6 Å². The van der Waals surface area contributed by atoms with Crippen LogP contribution < -0.4 is 9.80 Å². The molecule has 4 heterocycles. The van der Waals surface area contributed by atoms with Crippen LogP contribution in [0.5, 0.6) is 0 Å². The van der Waals surface area contributed by atoms with Gasteiger partial charge in [-0.15, -0.1) is 0 Å². The van der Waals surface area contributed by atoms with E-state index in [1.807, 2.05) is 24.9 Å². The summed E-state index contributed by atoms with van der Waals surface area (Å²) in [7, 11) is 1.88. The molecule has 1 aliphatic heterocycles. The van der Waals surface area contributed by atoms with Crippen LogP contribution in [-0.4, -0.2) is 74.8 Å². The highest BCUT2D eigenvalue weighted by Gasteiger charge is 2.39. The molecule has 2 aliphatic rings. The van der Waals surface area contributed by atoms with E-state index in [-0.39, 0.29) is 11.7 Å².